The van der Waals surface area contributed by atoms with Crippen molar-refractivity contribution < 1.29 is 4.42 Å². The maximum absolute atomic E-state index is 6.53. The zero-order valence-electron chi connectivity index (χ0n) is 30.1. The number of hydrogen-bond acceptors (Lipinski definition) is 4. The highest BCUT2D eigenvalue weighted by Gasteiger charge is 2.50. The van der Waals surface area contributed by atoms with Crippen molar-refractivity contribution in [3.63, 3.8) is 0 Å². The quantitative estimate of drug-likeness (QED) is 0.183. The Morgan fingerprint density at radius 3 is 1.50 bits per heavy atom. The molecule has 12 rings (SSSR count). The molecule has 1 spiro atoms. The highest BCUT2D eigenvalue weighted by Crippen LogP contribution is 2.62. The van der Waals surface area contributed by atoms with Gasteiger partial charge in [0.1, 0.15) is 11.2 Å². The molecule has 0 bridgehead atoms. The lowest BCUT2D eigenvalue weighted by Gasteiger charge is -2.35. The van der Waals surface area contributed by atoms with Gasteiger partial charge in [-0.2, -0.15) is 0 Å². The summed E-state index contributed by atoms with van der Waals surface area (Å²) in [6, 6.07) is 66.9. The van der Waals surface area contributed by atoms with Gasteiger partial charge in [-0.1, -0.05) is 176 Å². The first-order valence-electron chi connectivity index (χ1n) is 19.0. The molecule has 2 heterocycles. The molecule has 0 radical (unpaired) electrons. The van der Waals surface area contributed by atoms with Gasteiger partial charge in [-0.05, 0) is 67.8 Å². The van der Waals surface area contributed by atoms with Gasteiger partial charge in [0, 0.05) is 21.9 Å². The number of para-hydroxylation sites is 2. The van der Waals surface area contributed by atoms with E-state index in [0.717, 1.165) is 44.2 Å². The monoisotopic (exact) mass is 713 g/mol. The summed E-state index contributed by atoms with van der Waals surface area (Å²) < 4.78 is 6.53. The van der Waals surface area contributed by atoms with Gasteiger partial charge in [-0.15, -0.1) is 0 Å². The summed E-state index contributed by atoms with van der Waals surface area (Å²) in [5.41, 5.74) is 16.0. The molecule has 0 N–H and O–H groups in total. The Bertz CT molecular complexity index is 3150. The van der Waals surface area contributed by atoms with Gasteiger partial charge in [0.15, 0.2) is 17.5 Å². The van der Waals surface area contributed by atoms with Crippen LogP contribution >= 0.6 is 0 Å². The first kappa shape index (κ1) is 31.0. The lowest BCUT2D eigenvalue weighted by molar-refractivity contribution is 0.669. The van der Waals surface area contributed by atoms with Gasteiger partial charge >= 0.3 is 0 Å². The Balaban J connectivity index is 1.18. The third-order valence-electron chi connectivity index (χ3n) is 11.8. The topological polar surface area (TPSA) is 51.8 Å². The van der Waals surface area contributed by atoms with E-state index in [1.165, 1.54) is 50.1 Å². The van der Waals surface area contributed by atoms with Crippen LogP contribution in [-0.2, 0) is 5.41 Å². The van der Waals surface area contributed by atoms with Crippen LogP contribution in [0.25, 0.3) is 89.5 Å². The summed E-state index contributed by atoms with van der Waals surface area (Å²) in [7, 11) is 0. The van der Waals surface area contributed by atoms with Crippen LogP contribution in [0.4, 0.5) is 0 Å². The van der Waals surface area contributed by atoms with Crippen molar-refractivity contribution in [1.82, 2.24) is 15.0 Å². The Morgan fingerprint density at radius 2 is 0.786 bits per heavy atom. The molecule has 2 aromatic heterocycles. The summed E-state index contributed by atoms with van der Waals surface area (Å²) in [6.07, 6.45) is 0. The van der Waals surface area contributed by atoms with E-state index in [2.05, 4.69) is 152 Å². The van der Waals surface area contributed by atoms with Crippen LogP contribution in [0.1, 0.15) is 22.3 Å². The Morgan fingerprint density at radius 1 is 0.321 bits per heavy atom. The second-order valence-corrected chi connectivity index (χ2v) is 14.6. The Labute approximate surface area is 323 Å². The fourth-order valence-electron chi connectivity index (χ4n) is 9.54. The van der Waals surface area contributed by atoms with Crippen LogP contribution in [0.5, 0.6) is 0 Å². The first-order valence-corrected chi connectivity index (χ1v) is 19.0. The molecule has 260 valence electrons. The summed E-state index contributed by atoms with van der Waals surface area (Å²) >= 11 is 0. The molecule has 4 nitrogen and oxygen atoms in total. The third kappa shape index (κ3) is 4.21. The minimum atomic E-state index is -0.605. The van der Waals surface area contributed by atoms with Gasteiger partial charge in [-0.3, -0.25) is 0 Å². The van der Waals surface area contributed by atoms with E-state index in [9.17, 15) is 0 Å². The lowest BCUT2D eigenvalue weighted by Crippen LogP contribution is -2.29. The molecule has 10 aromatic rings. The smallest absolute Gasteiger partial charge is 0.167 e. The Kier molecular flexibility index (Phi) is 6.52. The van der Waals surface area contributed by atoms with Crippen molar-refractivity contribution in [2.75, 3.05) is 0 Å². The molecule has 0 unspecified atom stereocenters. The van der Waals surface area contributed by atoms with E-state index >= 15 is 0 Å². The van der Waals surface area contributed by atoms with Gasteiger partial charge in [0.2, 0.25) is 0 Å². The maximum atomic E-state index is 6.53. The molecule has 0 atom stereocenters. The zero-order chi connectivity index (χ0) is 36.8. The summed E-state index contributed by atoms with van der Waals surface area (Å²) in [5.74, 6) is 1.79. The van der Waals surface area contributed by atoms with Crippen molar-refractivity contribution >= 4 is 21.9 Å². The molecule has 4 heteroatoms. The van der Waals surface area contributed by atoms with Gasteiger partial charge in [0.25, 0.3) is 0 Å². The van der Waals surface area contributed by atoms with Crippen LogP contribution in [0.15, 0.2) is 192 Å². The summed E-state index contributed by atoms with van der Waals surface area (Å²) in [6.45, 7) is 0. The second kappa shape index (κ2) is 11.8. The molecule has 8 aromatic carbocycles. The van der Waals surface area contributed by atoms with Crippen molar-refractivity contribution in [2.24, 2.45) is 0 Å². The average Bonchev–Trinajstić information content (AvgIpc) is 3.77. The molecule has 0 amide bonds. The summed E-state index contributed by atoms with van der Waals surface area (Å²) in [5, 5.41) is 2.10. The van der Waals surface area contributed by atoms with E-state index in [4.69, 9.17) is 19.4 Å². The fourth-order valence-corrected chi connectivity index (χ4v) is 9.54. The van der Waals surface area contributed by atoms with Crippen LogP contribution in [0.3, 0.4) is 0 Å². The van der Waals surface area contributed by atoms with E-state index in [-0.39, 0.29) is 0 Å². The van der Waals surface area contributed by atoms with Crippen molar-refractivity contribution in [3.8, 4) is 67.5 Å². The van der Waals surface area contributed by atoms with Gasteiger partial charge in [-0.25, -0.2) is 15.0 Å². The number of furan rings is 1. The van der Waals surface area contributed by atoms with E-state index < -0.39 is 5.41 Å². The fraction of sp³-hybridized carbons (Fsp3) is 0.0192. The van der Waals surface area contributed by atoms with Crippen molar-refractivity contribution in [2.45, 2.75) is 5.41 Å². The molecule has 2 aliphatic carbocycles. The standard InChI is InChI=1S/C52H31N3O/c1-2-16-32(17-3-1)49-53-50(55-51(54-49)41-26-14-24-38-37-22-9-13-31-46(37)56-48(38)41)40-25-15-30-45-47(40)39-23-8-12-29-44(39)52(45)42-27-10-6-20-35(42)33-18-4-5-19-34(33)36-21-7-11-28-43(36)52/h1-31H. The molecular weight excluding hydrogens is 683 g/mol. The SMILES string of the molecule is c1ccc(-c2nc(-c3cccc4c3-c3ccccc3C43c4ccccc4-c4ccccc4-c4ccccc43)nc(-c3cccc4c3oc3ccccc34)n2)cc1. The highest BCUT2D eigenvalue weighted by atomic mass is 16.3. The Hall–Kier alpha value is -7.43. The largest absolute Gasteiger partial charge is 0.455 e. The molecule has 0 saturated carbocycles. The van der Waals surface area contributed by atoms with Crippen LogP contribution in [0.2, 0.25) is 0 Å². The number of aromatic nitrogens is 3. The molecular formula is C52H31N3O. The molecule has 0 saturated heterocycles. The molecule has 0 fully saturated rings. The average molecular weight is 714 g/mol. The second-order valence-electron chi connectivity index (χ2n) is 14.6. The normalized spacial score (nSPS) is 13.1. The maximum Gasteiger partial charge on any atom is 0.167 e. The van der Waals surface area contributed by atoms with Crippen LogP contribution in [0, 0.1) is 0 Å². The van der Waals surface area contributed by atoms with Crippen LogP contribution < -0.4 is 0 Å². The highest BCUT2D eigenvalue weighted by molar-refractivity contribution is 6.09. The van der Waals surface area contributed by atoms with E-state index in [1.807, 2.05) is 36.4 Å². The predicted molar refractivity (Wildman–Crippen MR) is 225 cm³/mol. The van der Waals surface area contributed by atoms with Gasteiger partial charge < -0.3 is 4.42 Å². The molecule has 2 aliphatic rings. The van der Waals surface area contributed by atoms with E-state index in [1.54, 1.807) is 0 Å². The number of rotatable bonds is 3. The van der Waals surface area contributed by atoms with E-state index in [0.29, 0.717) is 17.5 Å². The van der Waals surface area contributed by atoms with Crippen molar-refractivity contribution in [1.29, 1.82) is 0 Å². The minimum absolute atomic E-state index is 0.567. The zero-order valence-corrected chi connectivity index (χ0v) is 30.1. The minimum Gasteiger partial charge on any atom is -0.455 e. The molecule has 0 aliphatic heterocycles. The predicted octanol–water partition coefficient (Wildman–Crippen LogP) is 12.8. The summed E-state index contributed by atoms with van der Waals surface area (Å²) in [4.78, 5) is 15.8. The van der Waals surface area contributed by atoms with Crippen molar-refractivity contribution in [3.05, 3.63) is 210 Å². The first-order chi connectivity index (χ1) is 27.8. The number of fused-ring (bicyclic) bond motifs is 15. The molecule has 56 heavy (non-hydrogen) atoms. The number of hydrogen-bond donors (Lipinski definition) is 0. The lowest BCUT2D eigenvalue weighted by atomic mass is 9.66. The third-order valence-corrected chi connectivity index (χ3v) is 11.8. The number of nitrogens with zero attached hydrogens (tertiary/aromatic N) is 3. The van der Waals surface area contributed by atoms with Gasteiger partial charge in [0.05, 0.1) is 11.0 Å². The van der Waals surface area contributed by atoms with Crippen LogP contribution in [-0.4, -0.2) is 15.0 Å². The number of benzene rings is 8.